The van der Waals surface area contributed by atoms with Crippen molar-refractivity contribution in [3.8, 4) is 0 Å². The van der Waals surface area contributed by atoms with Gasteiger partial charge in [0.15, 0.2) is 0 Å². The highest BCUT2D eigenvalue weighted by molar-refractivity contribution is 7.72. The first-order valence-corrected chi connectivity index (χ1v) is 6.92. The van der Waals surface area contributed by atoms with Crippen molar-refractivity contribution >= 4 is 18.5 Å². The molecular formula is C14H15P. The molecule has 0 N–H and O–H groups in total. The Kier molecular flexibility index (Phi) is 3.18. The summed E-state index contributed by atoms with van der Waals surface area (Å²) in [6, 6.07) is 19.6. The maximum atomic E-state index is 2.31. The molecule has 0 heterocycles. The van der Waals surface area contributed by atoms with E-state index in [0.717, 1.165) is 0 Å². The Labute approximate surface area is 92.7 Å². The van der Waals surface area contributed by atoms with Gasteiger partial charge in [-0.25, -0.2) is 0 Å². The molecule has 76 valence electrons. The minimum atomic E-state index is -0.183. The predicted molar refractivity (Wildman–Crippen MR) is 69.7 cm³/mol. The van der Waals surface area contributed by atoms with Crippen LogP contribution in [0.1, 0.15) is 5.56 Å². The molecule has 0 aromatic heterocycles. The van der Waals surface area contributed by atoms with Crippen molar-refractivity contribution in [3.63, 3.8) is 0 Å². The first kappa shape index (κ1) is 10.4. The highest BCUT2D eigenvalue weighted by Crippen LogP contribution is 2.27. The maximum Gasteiger partial charge on any atom is -0.0198 e. The highest BCUT2D eigenvalue weighted by Gasteiger charge is 2.05. The molecule has 0 saturated carbocycles. The molecule has 0 aliphatic rings. The van der Waals surface area contributed by atoms with E-state index >= 15 is 0 Å². The normalized spacial score (nSPS) is 12.4. The molecule has 0 nitrogen and oxygen atoms in total. The summed E-state index contributed by atoms with van der Waals surface area (Å²) in [6.07, 6.45) is 0. The largest absolute Gasteiger partial charge is 0.0622 e. The standard InChI is InChI=1S/C14H15P/c1-12-8-10-14(11-9-12)15(2)13-6-4-3-5-7-13/h3-11H,1-2H3. The zero-order valence-corrected chi connectivity index (χ0v) is 10.0. The van der Waals surface area contributed by atoms with Gasteiger partial charge in [0.05, 0.1) is 0 Å². The molecule has 15 heavy (non-hydrogen) atoms. The Morgan fingerprint density at radius 1 is 0.733 bits per heavy atom. The smallest absolute Gasteiger partial charge is 0.0198 e. The molecule has 0 aliphatic heterocycles. The Bertz CT molecular complexity index is 417. The minimum absolute atomic E-state index is 0.183. The van der Waals surface area contributed by atoms with E-state index in [4.69, 9.17) is 0 Å². The van der Waals surface area contributed by atoms with Gasteiger partial charge < -0.3 is 0 Å². The van der Waals surface area contributed by atoms with E-state index in [1.54, 1.807) is 0 Å². The molecule has 0 spiro atoms. The summed E-state index contributed by atoms with van der Waals surface area (Å²) in [6.45, 7) is 4.44. The van der Waals surface area contributed by atoms with Crippen molar-refractivity contribution < 1.29 is 0 Å². The van der Waals surface area contributed by atoms with Crippen LogP contribution in [0.25, 0.3) is 0 Å². The third kappa shape index (κ3) is 2.46. The molecule has 1 unspecified atom stereocenters. The monoisotopic (exact) mass is 214 g/mol. The van der Waals surface area contributed by atoms with Crippen molar-refractivity contribution in [1.82, 2.24) is 0 Å². The molecule has 2 rings (SSSR count). The van der Waals surface area contributed by atoms with Crippen LogP contribution >= 0.6 is 7.92 Å². The van der Waals surface area contributed by atoms with Gasteiger partial charge >= 0.3 is 0 Å². The number of rotatable bonds is 2. The van der Waals surface area contributed by atoms with E-state index in [-0.39, 0.29) is 7.92 Å². The van der Waals surface area contributed by atoms with Crippen molar-refractivity contribution in [2.75, 3.05) is 6.66 Å². The lowest BCUT2D eigenvalue weighted by atomic mass is 10.2. The van der Waals surface area contributed by atoms with Crippen molar-refractivity contribution in [3.05, 3.63) is 60.2 Å². The summed E-state index contributed by atoms with van der Waals surface area (Å²) in [7, 11) is -0.183. The summed E-state index contributed by atoms with van der Waals surface area (Å²) < 4.78 is 0. The summed E-state index contributed by atoms with van der Waals surface area (Å²) in [5, 5.41) is 2.89. The maximum absolute atomic E-state index is 2.31. The molecule has 0 aliphatic carbocycles. The lowest BCUT2D eigenvalue weighted by Gasteiger charge is -2.12. The molecule has 1 heteroatoms. The van der Waals surface area contributed by atoms with Crippen LogP contribution in [0.4, 0.5) is 0 Å². The fourth-order valence-electron chi connectivity index (χ4n) is 1.57. The fourth-order valence-corrected chi connectivity index (χ4v) is 3.08. The van der Waals surface area contributed by atoms with Crippen LogP contribution in [0.15, 0.2) is 54.6 Å². The van der Waals surface area contributed by atoms with Gasteiger partial charge in [-0.3, -0.25) is 0 Å². The second kappa shape index (κ2) is 4.59. The number of hydrogen-bond donors (Lipinski definition) is 0. The van der Waals surface area contributed by atoms with Crippen LogP contribution < -0.4 is 10.6 Å². The third-order valence-corrected chi connectivity index (χ3v) is 4.71. The summed E-state index contributed by atoms with van der Waals surface area (Å²) in [5.41, 5.74) is 1.33. The summed E-state index contributed by atoms with van der Waals surface area (Å²) >= 11 is 0. The van der Waals surface area contributed by atoms with Crippen molar-refractivity contribution in [2.24, 2.45) is 0 Å². The molecule has 0 radical (unpaired) electrons. The lowest BCUT2D eigenvalue weighted by Crippen LogP contribution is -2.09. The van der Waals surface area contributed by atoms with E-state index in [2.05, 4.69) is 68.2 Å². The van der Waals surface area contributed by atoms with Crippen LogP contribution in [0.3, 0.4) is 0 Å². The van der Waals surface area contributed by atoms with Gasteiger partial charge in [-0.1, -0.05) is 60.2 Å². The average molecular weight is 214 g/mol. The first-order valence-electron chi connectivity index (χ1n) is 5.13. The van der Waals surface area contributed by atoms with Gasteiger partial charge in [0.25, 0.3) is 0 Å². The SMILES string of the molecule is Cc1ccc(P(C)c2ccccc2)cc1. The molecule has 2 aromatic rings. The van der Waals surface area contributed by atoms with E-state index in [1.807, 2.05) is 0 Å². The van der Waals surface area contributed by atoms with Crippen LogP contribution in [0, 0.1) is 6.92 Å². The molecule has 2 aromatic carbocycles. The van der Waals surface area contributed by atoms with Gasteiger partial charge in [0.1, 0.15) is 0 Å². The molecule has 0 bridgehead atoms. The molecular weight excluding hydrogens is 199 g/mol. The van der Waals surface area contributed by atoms with Crippen LogP contribution in [0.2, 0.25) is 0 Å². The second-order valence-electron chi connectivity index (χ2n) is 3.73. The Morgan fingerprint density at radius 2 is 1.27 bits per heavy atom. The lowest BCUT2D eigenvalue weighted by molar-refractivity contribution is 1.49. The molecule has 0 fully saturated rings. The van der Waals surface area contributed by atoms with Crippen molar-refractivity contribution in [2.45, 2.75) is 6.92 Å². The van der Waals surface area contributed by atoms with Gasteiger partial charge in [-0.15, -0.1) is 0 Å². The van der Waals surface area contributed by atoms with E-state index in [9.17, 15) is 0 Å². The van der Waals surface area contributed by atoms with E-state index in [0.29, 0.717) is 0 Å². The summed E-state index contributed by atoms with van der Waals surface area (Å²) in [4.78, 5) is 0. The minimum Gasteiger partial charge on any atom is -0.0622 e. The predicted octanol–water partition coefficient (Wildman–Crippen LogP) is 3.06. The van der Waals surface area contributed by atoms with Gasteiger partial charge in [-0.05, 0) is 32.1 Å². The summed E-state index contributed by atoms with van der Waals surface area (Å²) in [5.74, 6) is 0. The zero-order chi connectivity index (χ0) is 10.7. The molecule has 0 amide bonds. The second-order valence-corrected chi connectivity index (χ2v) is 5.88. The topological polar surface area (TPSA) is 0 Å². The quantitative estimate of drug-likeness (QED) is 0.674. The van der Waals surface area contributed by atoms with Gasteiger partial charge in [0, 0.05) is 0 Å². The fraction of sp³-hybridized carbons (Fsp3) is 0.143. The average Bonchev–Trinajstić information content (AvgIpc) is 2.30. The number of benzene rings is 2. The highest BCUT2D eigenvalue weighted by atomic mass is 31.1. The van der Waals surface area contributed by atoms with Gasteiger partial charge in [0.2, 0.25) is 0 Å². The Balaban J connectivity index is 2.29. The first-order chi connectivity index (χ1) is 7.27. The van der Waals surface area contributed by atoms with Gasteiger partial charge in [-0.2, -0.15) is 0 Å². The molecule has 1 atom stereocenters. The zero-order valence-electron chi connectivity index (χ0n) is 9.14. The third-order valence-electron chi connectivity index (χ3n) is 2.56. The van der Waals surface area contributed by atoms with E-state index in [1.165, 1.54) is 16.2 Å². The molecule has 0 saturated heterocycles. The Hall–Kier alpha value is -1.13. The van der Waals surface area contributed by atoms with Crippen LogP contribution in [0.5, 0.6) is 0 Å². The Morgan fingerprint density at radius 3 is 1.87 bits per heavy atom. The number of hydrogen-bond acceptors (Lipinski definition) is 0. The van der Waals surface area contributed by atoms with Crippen molar-refractivity contribution in [1.29, 1.82) is 0 Å². The van der Waals surface area contributed by atoms with E-state index < -0.39 is 0 Å². The van der Waals surface area contributed by atoms with Crippen LogP contribution in [-0.2, 0) is 0 Å². The number of aryl methyl sites for hydroxylation is 1. The van der Waals surface area contributed by atoms with Crippen LogP contribution in [-0.4, -0.2) is 6.66 Å².